The summed E-state index contributed by atoms with van der Waals surface area (Å²) in [5.41, 5.74) is 14.9. The highest BCUT2D eigenvalue weighted by Crippen LogP contribution is 2.32. The fraction of sp³-hybridized carbons (Fsp3) is 0.469. The third-order valence-electron chi connectivity index (χ3n) is 26.7. The molecular weight excluding hydrogens is 1750 g/mol. The quantitative estimate of drug-likeness (QED) is 0.0157. The number of amides is 10. The van der Waals surface area contributed by atoms with Crippen molar-refractivity contribution < 1.29 is 38.4 Å². The van der Waals surface area contributed by atoms with E-state index in [1.165, 1.54) is 63.5 Å². The number of hydrogen-bond donors (Lipinski definition) is 6. The number of rotatable bonds is 38. The molecule has 4 unspecified atom stereocenters. The summed E-state index contributed by atoms with van der Waals surface area (Å²) in [6.45, 7) is 43.2. The van der Waals surface area contributed by atoms with Crippen LogP contribution in [0.15, 0.2) is 219 Å². The minimum absolute atomic E-state index is 0. The zero-order valence-corrected chi connectivity index (χ0v) is 84.4. The number of alkyl halides is 2. The third kappa shape index (κ3) is 36.7. The van der Waals surface area contributed by atoms with E-state index in [-0.39, 0.29) is 90.9 Å². The van der Waals surface area contributed by atoms with Gasteiger partial charge in [-0.05, 0) is 273 Å². The van der Waals surface area contributed by atoms with E-state index in [1.807, 2.05) is 241 Å². The van der Waals surface area contributed by atoms with Crippen LogP contribution in [0.4, 0.5) is 53.3 Å². The van der Waals surface area contributed by atoms with E-state index in [2.05, 4.69) is 120 Å². The van der Waals surface area contributed by atoms with E-state index in [9.17, 15) is 38.4 Å². The molecule has 0 saturated carbocycles. The molecule has 6 N–H and O–H groups in total. The summed E-state index contributed by atoms with van der Waals surface area (Å²) in [5.74, 6) is -0.615. The molecule has 4 heterocycles. The van der Waals surface area contributed by atoms with Crippen LogP contribution < -0.4 is 31.9 Å². The zero-order chi connectivity index (χ0) is 98.0. The Morgan fingerprint density at radius 2 is 0.613 bits per heavy atom. The molecule has 0 aromatic heterocycles. The van der Waals surface area contributed by atoms with Crippen LogP contribution in [-0.4, -0.2) is 199 Å². The largest absolute Gasteiger partial charge is 0.325 e. The minimum Gasteiger partial charge on any atom is -0.325 e. The fourth-order valence-corrected chi connectivity index (χ4v) is 19.2. The number of Topliss-reactive ketones (excluding diaryl/α,β-unsaturated/α-hetero) is 1. The predicted octanol–water partition coefficient (Wildman–Crippen LogP) is 24.3. The number of allylic oxidation sites excluding steroid dienone is 1. The number of urea groups is 4. The van der Waals surface area contributed by atoms with E-state index in [1.54, 1.807) is 0 Å². The third-order valence-corrected chi connectivity index (χ3v) is 27.2. The second-order valence-electron chi connectivity index (χ2n) is 37.3. The van der Waals surface area contributed by atoms with Gasteiger partial charge in [-0.25, -0.2) is 19.2 Å². The monoisotopic (exact) mass is 1910 g/mol. The van der Waals surface area contributed by atoms with Crippen LogP contribution in [0.5, 0.6) is 0 Å². The van der Waals surface area contributed by atoms with Crippen molar-refractivity contribution in [1.82, 2.24) is 39.2 Å². The first kappa shape index (κ1) is 111. The average Bonchev–Trinajstić information content (AvgIpc) is 0.825. The summed E-state index contributed by atoms with van der Waals surface area (Å²) in [6.07, 6.45) is 20.3. The van der Waals surface area contributed by atoms with Crippen LogP contribution in [0, 0.1) is 27.7 Å². The van der Waals surface area contributed by atoms with Crippen molar-refractivity contribution in [2.24, 2.45) is 0 Å². The van der Waals surface area contributed by atoms with Crippen LogP contribution in [0.2, 0.25) is 0 Å². The summed E-state index contributed by atoms with van der Waals surface area (Å²) in [5, 5.41) is 18.0. The number of piperidine rings is 4. The molecule has 4 fully saturated rings. The van der Waals surface area contributed by atoms with Crippen LogP contribution >= 0.6 is 23.2 Å². The molecular formula is C113H156Cl2N14O8. The van der Waals surface area contributed by atoms with E-state index in [4.69, 9.17) is 23.2 Å². The molecule has 4 aliphatic rings. The van der Waals surface area contributed by atoms with Crippen molar-refractivity contribution in [3.63, 3.8) is 0 Å². The molecule has 4 saturated heterocycles. The normalized spacial score (nSPS) is 15.4. The second-order valence-corrected chi connectivity index (χ2v) is 37.9. The van der Waals surface area contributed by atoms with Crippen molar-refractivity contribution in [2.75, 3.05) is 96.0 Å². The maximum Gasteiger partial charge on any atom is 0.322 e. The lowest BCUT2D eigenvalue weighted by Crippen LogP contribution is -2.50. The Balaban J connectivity index is 0.000000224. The molecule has 24 heteroatoms. The highest BCUT2D eigenvalue weighted by molar-refractivity contribution is 6.29. The summed E-state index contributed by atoms with van der Waals surface area (Å²) < 4.78 is 0. The standard InChI is InChI=1S/C29H39N3O2.C28H38ClN3O2.C28H38N4O2.C27H37ClN4O2.CH4/c1-5-10-23(4)31-17-15-27(16-18-31)32(29(34)30-26-14-9-11-22(3)19-26)21-25-13-8-7-12-24(25)20-28(33)6-2;1-4-8-22(3)31-15-13-26(14-16-31)32(28(34)30-25-12-7-9-21(2)17-25)20-24-11-6-5-10-23(24)18-27(33)19-29;1-5-9-22(4)31-16-14-26(15-17-31)32(28(34)30-24-12-7-10-21(3)18-24)20-23-11-8-13-25(19-23)29-27(33)6-2;1-4-7-21(3)31-14-12-25(13-15-31)32(27(34)30-23-10-5-8-20(2)16-23)19-22-9-6-11-24(17-22)29-26(33)18-28;/h6-9,11-14,19,23,27H,2,5,10,15-18,20-21H2,1,3-4H3,(H,30,34);5-7,9-12,17,22,26H,4,8,13-16,18-20H2,1-3H3,(H,30,34);6-8,10-13,18-19,22,26H,2,5,9,14-17,20H2,1,3-4H3,(H,29,33)(H,30,34);5-6,8-11,16-17,21,25H,4,7,12-15,18-19H2,1-3H3,(H,29,33)(H,30,34);1H4. The SMILES string of the molecule is C.C=CC(=O)Cc1ccccc1CN(C(=O)Nc1cccc(C)c1)C1CCN(C(C)CCC)CC1.C=CC(=O)Nc1cccc(CN(C(=O)Nc2cccc(C)c2)C2CCN(C(C)CCC)CC2)c1.CCCC(C)N1CCC(N(Cc2cccc(NC(=O)CCl)c2)C(=O)Nc2cccc(C)c2)CC1.CCCC(C)N1CCC(N(Cc2ccccc2CC(=O)CCl)C(=O)Nc2cccc(C)c2)CC1. The van der Waals surface area contributed by atoms with Gasteiger partial charge >= 0.3 is 24.1 Å². The number of hydrogen-bond acceptors (Lipinski definition) is 12. The number of likely N-dealkylation sites (tertiary alicyclic amines) is 4. The summed E-state index contributed by atoms with van der Waals surface area (Å²) in [7, 11) is 0. The minimum atomic E-state index is -0.250. The molecule has 137 heavy (non-hydrogen) atoms. The van der Waals surface area contributed by atoms with Gasteiger partial charge in [-0.3, -0.25) is 19.2 Å². The van der Waals surface area contributed by atoms with E-state index < -0.39 is 0 Å². The van der Waals surface area contributed by atoms with Crippen LogP contribution in [0.25, 0.3) is 0 Å². The van der Waals surface area contributed by atoms with Crippen molar-refractivity contribution in [3.8, 4) is 0 Å². The first-order valence-electron chi connectivity index (χ1n) is 49.5. The highest BCUT2D eigenvalue weighted by atomic mass is 35.5. The Kier molecular flexibility index (Phi) is 47.7. The molecule has 0 aliphatic carbocycles. The summed E-state index contributed by atoms with van der Waals surface area (Å²) >= 11 is 11.4. The number of carbonyl (C=O) groups excluding carboxylic acids is 8. The van der Waals surface area contributed by atoms with Gasteiger partial charge in [0.2, 0.25) is 11.8 Å². The Bertz CT molecular complexity index is 5130. The lowest BCUT2D eigenvalue weighted by Gasteiger charge is -2.41. The highest BCUT2D eigenvalue weighted by Gasteiger charge is 2.36. The molecule has 8 aromatic rings. The number of nitrogens with one attached hydrogen (secondary N) is 6. The Hall–Kier alpha value is -11.0. The van der Waals surface area contributed by atoms with Gasteiger partial charge in [-0.2, -0.15) is 0 Å². The molecule has 12 rings (SSSR count). The van der Waals surface area contributed by atoms with Gasteiger partial charge in [0, 0.05) is 174 Å². The van der Waals surface area contributed by atoms with Gasteiger partial charge in [0.25, 0.3) is 0 Å². The van der Waals surface area contributed by atoms with E-state index in [0.717, 1.165) is 182 Å². The van der Waals surface area contributed by atoms with Crippen molar-refractivity contribution in [1.29, 1.82) is 0 Å². The predicted molar refractivity (Wildman–Crippen MR) is 568 cm³/mol. The molecule has 0 bridgehead atoms. The maximum atomic E-state index is 13.6. The van der Waals surface area contributed by atoms with Gasteiger partial charge in [0.1, 0.15) is 5.88 Å². The Morgan fingerprint density at radius 3 is 0.883 bits per heavy atom. The van der Waals surface area contributed by atoms with Gasteiger partial charge in [0.05, 0.1) is 5.88 Å². The average molecular weight is 1910 g/mol. The zero-order valence-electron chi connectivity index (χ0n) is 82.9. The van der Waals surface area contributed by atoms with Crippen molar-refractivity contribution in [3.05, 3.63) is 275 Å². The number of carbonyl (C=O) groups is 8. The molecule has 0 spiro atoms. The van der Waals surface area contributed by atoms with E-state index >= 15 is 0 Å². The first-order chi connectivity index (χ1) is 65.6. The second kappa shape index (κ2) is 58.7. The lowest BCUT2D eigenvalue weighted by atomic mass is 9.98. The van der Waals surface area contributed by atoms with Gasteiger partial charge in [-0.15, -0.1) is 23.2 Å². The first-order valence-corrected chi connectivity index (χ1v) is 50.5. The Labute approximate surface area is 828 Å². The maximum absolute atomic E-state index is 13.6. The van der Waals surface area contributed by atoms with E-state index in [0.29, 0.717) is 74.6 Å². The number of ketones is 2. The number of benzene rings is 8. The molecule has 10 amide bonds. The number of nitrogens with zero attached hydrogens (tertiary/aromatic N) is 8. The van der Waals surface area contributed by atoms with Gasteiger partial charge in [0.15, 0.2) is 11.6 Å². The van der Waals surface area contributed by atoms with Gasteiger partial charge in [-0.1, -0.05) is 195 Å². The van der Waals surface area contributed by atoms with Crippen LogP contribution in [0.1, 0.15) is 221 Å². The number of aryl methyl sites for hydroxylation is 4. The van der Waals surface area contributed by atoms with Crippen molar-refractivity contribution in [2.45, 2.75) is 281 Å². The lowest BCUT2D eigenvalue weighted by molar-refractivity contribution is -0.116. The molecule has 740 valence electrons. The fourth-order valence-electron chi connectivity index (χ4n) is 19.0. The Morgan fingerprint density at radius 1 is 0.343 bits per heavy atom. The number of anilines is 6. The van der Waals surface area contributed by atoms with Gasteiger partial charge < -0.3 is 71.1 Å². The molecule has 8 aromatic carbocycles. The summed E-state index contributed by atoms with van der Waals surface area (Å²) in [6, 6.07) is 65.1. The number of halogens is 2. The summed E-state index contributed by atoms with van der Waals surface area (Å²) in [4.78, 5) is 120. The van der Waals surface area contributed by atoms with Crippen molar-refractivity contribution >= 4 is 105 Å². The smallest absolute Gasteiger partial charge is 0.322 e. The molecule has 22 nitrogen and oxygen atoms in total. The molecule has 4 aliphatic heterocycles. The topological polar surface area (TPSA) is 235 Å². The molecule has 4 atom stereocenters. The molecule has 0 radical (unpaired) electrons. The van der Waals surface area contributed by atoms with Crippen LogP contribution in [0.3, 0.4) is 0 Å². The van der Waals surface area contributed by atoms with Crippen LogP contribution in [-0.2, 0) is 58.2 Å².